The molecular formula is C24H24N4OS2. The van der Waals surface area contributed by atoms with E-state index in [9.17, 15) is 0 Å². The number of aromatic nitrogens is 2. The molecule has 3 heterocycles. The van der Waals surface area contributed by atoms with Crippen LogP contribution >= 0.6 is 23.1 Å². The van der Waals surface area contributed by atoms with Crippen molar-refractivity contribution in [3.63, 3.8) is 0 Å². The maximum absolute atomic E-state index is 8.99. The van der Waals surface area contributed by atoms with Crippen LogP contribution < -0.4 is 11.1 Å². The molecule has 0 amide bonds. The van der Waals surface area contributed by atoms with E-state index in [4.69, 9.17) is 15.8 Å². The van der Waals surface area contributed by atoms with Gasteiger partial charge in [0, 0.05) is 28.9 Å². The minimum Gasteiger partial charge on any atom is -0.397 e. The molecule has 0 unspecified atom stereocenters. The molecule has 7 heteroatoms. The fourth-order valence-corrected chi connectivity index (χ4v) is 6.45. The van der Waals surface area contributed by atoms with Crippen molar-refractivity contribution in [3.05, 3.63) is 54.7 Å². The lowest BCUT2D eigenvalue weighted by Gasteiger charge is -2.23. The van der Waals surface area contributed by atoms with Crippen LogP contribution in [0.5, 0.6) is 0 Å². The van der Waals surface area contributed by atoms with Crippen molar-refractivity contribution in [3.8, 4) is 22.4 Å². The first-order valence-electron chi connectivity index (χ1n) is 10.5. The zero-order chi connectivity index (χ0) is 21.2. The second-order valence-electron chi connectivity index (χ2n) is 7.66. The number of hydrogen-bond donors (Lipinski definition) is 3. The fraction of sp³-hybridized carbons (Fsp3) is 0.250. The number of nitrogen functional groups attached to an aromatic ring is 1. The summed E-state index contributed by atoms with van der Waals surface area (Å²) in [5, 5.41) is 13.8. The maximum Gasteiger partial charge on any atom is 0.127 e. The predicted octanol–water partition coefficient (Wildman–Crippen LogP) is 5.66. The molecule has 4 aromatic rings. The Balaban J connectivity index is 1.60. The topological polar surface area (TPSA) is 84.1 Å². The molecule has 5 nitrogen and oxygen atoms in total. The number of nitrogens with one attached hydrogen (secondary N) is 1. The Morgan fingerprint density at radius 2 is 1.97 bits per heavy atom. The summed E-state index contributed by atoms with van der Waals surface area (Å²) in [6.45, 7) is 0.549. The fourth-order valence-electron chi connectivity index (χ4n) is 3.66. The first-order chi connectivity index (χ1) is 15.2. The number of benzene rings is 1. The molecule has 31 heavy (non-hydrogen) atoms. The van der Waals surface area contributed by atoms with Crippen LogP contribution in [0, 0.1) is 0 Å². The van der Waals surface area contributed by atoms with Crippen molar-refractivity contribution >= 4 is 44.8 Å². The number of thioether (sulfide) groups is 1. The summed E-state index contributed by atoms with van der Waals surface area (Å²) in [7, 11) is 0. The molecule has 158 valence electrons. The van der Waals surface area contributed by atoms with E-state index in [0.29, 0.717) is 11.8 Å². The average Bonchev–Trinajstić information content (AvgIpc) is 3.10. The van der Waals surface area contributed by atoms with Crippen molar-refractivity contribution in [2.45, 2.75) is 28.7 Å². The number of anilines is 2. The molecule has 1 aliphatic rings. The second-order valence-corrected chi connectivity index (χ2v) is 10.2. The van der Waals surface area contributed by atoms with Crippen molar-refractivity contribution in [1.82, 2.24) is 9.97 Å². The Bertz CT molecular complexity index is 1190. The molecular weight excluding hydrogens is 424 g/mol. The highest BCUT2D eigenvalue weighted by Gasteiger charge is 2.24. The van der Waals surface area contributed by atoms with Gasteiger partial charge in [-0.3, -0.25) is 0 Å². The lowest BCUT2D eigenvalue weighted by atomic mass is 10.00. The summed E-state index contributed by atoms with van der Waals surface area (Å²) in [6, 6.07) is 16.4. The monoisotopic (exact) mass is 448 g/mol. The van der Waals surface area contributed by atoms with Gasteiger partial charge in [0.15, 0.2) is 0 Å². The summed E-state index contributed by atoms with van der Waals surface area (Å²) >= 11 is 3.61. The third-order valence-electron chi connectivity index (χ3n) is 5.55. The number of nitrogens with zero attached hydrogens (tertiary/aromatic N) is 2. The zero-order valence-corrected chi connectivity index (χ0v) is 18.7. The van der Waals surface area contributed by atoms with Gasteiger partial charge in [-0.2, -0.15) is 0 Å². The lowest BCUT2D eigenvalue weighted by Crippen LogP contribution is -2.12. The van der Waals surface area contributed by atoms with Crippen molar-refractivity contribution in [1.29, 1.82) is 0 Å². The van der Waals surface area contributed by atoms with Gasteiger partial charge in [-0.15, -0.1) is 23.1 Å². The van der Waals surface area contributed by atoms with E-state index in [2.05, 4.69) is 40.6 Å². The van der Waals surface area contributed by atoms with Gasteiger partial charge < -0.3 is 16.2 Å². The van der Waals surface area contributed by atoms with Gasteiger partial charge in [-0.1, -0.05) is 36.8 Å². The van der Waals surface area contributed by atoms with E-state index < -0.39 is 0 Å². The van der Waals surface area contributed by atoms with Gasteiger partial charge in [0.25, 0.3) is 0 Å². The molecule has 0 bridgehead atoms. The van der Waals surface area contributed by atoms with Crippen LogP contribution in [0.15, 0.2) is 58.9 Å². The Hall–Kier alpha value is -2.61. The van der Waals surface area contributed by atoms with E-state index in [0.717, 1.165) is 44.1 Å². The molecule has 0 saturated heterocycles. The summed E-state index contributed by atoms with van der Waals surface area (Å²) in [5.41, 5.74) is 11.6. The van der Waals surface area contributed by atoms with E-state index in [-0.39, 0.29) is 6.61 Å². The third kappa shape index (κ3) is 4.13. The number of hydrogen-bond acceptors (Lipinski definition) is 7. The number of aliphatic hydroxyl groups excluding tert-OH is 1. The quantitative estimate of drug-likeness (QED) is 0.338. The Kier molecular flexibility index (Phi) is 5.80. The molecule has 1 aromatic carbocycles. The number of fused-ring (bicyclic) bond motifs is 1. The number of pyridine rings is 2. The molecule has 5 rings (SSSR count). The Morgan fingerprint density at radius 1 is 1.13 bits per heavy atom. The highest BCUT2D eigenvalue weighted by Crippen LogP contribution is 2.48. The molecule has 3 aromatic heterocycles. The highest BCUT2D eigenvalue weighted by atomic mass is 32.2. The van der Waals surface area contributed by atoms with Crippen LogP contribution in [0.3, 0.4) is 0 Å². The van der Waals surface area contributed by atoms with E-state index in [1.54, 1.807) is 11.3 Å². The smallest absolute Gasteiger partial charge is 0.127 e. The molecule has 1 aliphatic carbocycles. The van der Waals surface area contributed by atoms with Gasteiger partial charge in [-0.05, 0) is 42.2 Å². The Labute approximate surface area is 189 Å². The van der Waals surface area contributed by atoms with Crippen LogP contribution in [0.25, 0.3) is 32.6 Å². The predicted molar refractivity (Wildman–Crippen MR) is 132 cm³/mol. The summed E-state index contributed by atoms with van der Waals surface area (Å²) in [4.78, 5) is 10.4. The minimum atomic E-state index is 0.0725. The Morgan fingerprint density at radius 3 is 2.65 bits per heavy atom. The molecule has 0 aliphatic heterocycles. The number of rotatable bonds is 7. The summed E-state index contributed by atoms with van der Waals surface area (Å²) in [5.74, 6) is 0.738. The first kappa shape index (κ1) is 20.3. The number of nitrogens with two attached hydrogens (primary N) is 1. The van der Waals surface area contributed by atoms with E-state index in [1.807, 2.05) is 36.2 Å². The largest absolute Gasteiger partial charge is 0.397 e. The maximum atomic E-state index is 8.99. The van der Waals surface area contributed by atoms with Crippen LogP contribution in [-0.4, -0.2) is 33.5 Å². The van der Waals surface area contributed by atoms with Crippen molar-refractivity contribution in [2.24, 2.45) is 0 Å². The van der Waals surface area contributed by atoms with Crippen LogP contribution in [0.1, 0.15) is 19.3 Å². The summed E-state index contributed by atoms with van der Waals surface area (Å²) < 4.78 is 1.18. The molecule has 1 saturated carbocycles. The van der Waals surface area contributed by atoms with Gasteiger partial charge in [0.05, 0.1) is 22.2 Å². The highest BCUT2D eigenvalue weighted by molar-refractivity contribution is 8.02. The van der Waals surface area contributed by atoms with Crippen LogP contribution in [0.4, 0.5) is 11.5 Å². The molecule has 1 fully saturated rings. The van der Waals surface area contributed by atoms with E-state index >= 15 is 0 Å². The van der Waals surface area contributed by atoms with Gasteiger partial charge in [-0.25, -0.2) is 9.97 Å². The summed E-state index contributed by atoms with van der Waals surface area (Å²) in [6.07, 6.45) is 5.68. The molecule has 4 N–H and O–H groups in total. The van der Waals surface area contributed by atoms with Crippen molar-refractivity contribution < 1.29 is 5.11 Å². The van der Waals surface area contributed by atoms with Gasteiger partial charge in [0.2, 0.25) is 0 Å². The molecule has 0 radical (unpaired) electrons. The first-order valence-corrected chi connectivity index (χ1v) is 12.2. The van der Waals surface area contributed by atoms with E-state index in [1.165, 1.54) is 23.5 Å². The van der Waals surface area contributed by atoms with Gasteiger partial charge in [0.1, 0.15) is 10.6 Å². The normalized spacial score (nSPS) is 14.0. The number of thiophene rings is 1. The van der Waals surface area contributed by atoms with Gasteiger partial charge >= 0.3 is 0 Å². The molecule has 0 atom stereocenters. The lowest BCUT2D eigenvalue weighted by molar-refractivity contribution is 0.311. The minimum absolute atomic E-state index is 0.0725. The number of aliphatic hydroxyl groups is 1. The van der Waals surface area contributed by atoms with Crippen molar-refractivity contribution in [2.75, 3.05) is 24.2 Å². The third-order valence-corrected chi connectivity index (χ3v) is 8.22. The SMILES string of the molecule is Nc1c(SC2CCC2)sc2nc(-c3ccc(NCCO)nc3)cc(-c3ccccc3)c12. The van der Waals surface area contributed by atoms with Crippen LogP contribution in [-0.2, 0) is 0 Å². The molecule has 0 spiro atoms. The second kappa shape index (κ2) is 8.86. The zero-order valence-electron chi connectivity index (χ0n) is 17.0. The average molecular weight is 449 g/mol. The van der Waals surface area contributed by atoms with Crippen LogP contribution in [0.2, 0.25) is 0 Å². The standard InChI is InChI=1S/C24H24N4OS2/c25-22-21-18(15-5-2-1-3-6-15)13-19(16-9-10-20(27-14-16)26-11-12-29)28-23(21)31-24(22)30-17-7-4-8-17/h1-3,5-6,9-10,13-14,17,29H,4,7-8,11-12,25H2,(H,26,27).